The Morgan fingerprint density at radius 2 is 2.12 bits per heavy atom. The van der Waals surface area contributed by atoms with Gasteiger partial charge in [0.2, 0.25) is 10.0 Å². The number of thiocarbonyl (C=S) groups is 1. The molecule has 100 valence electrons. The quantitative estimate of drug-likeness (QED) is 0.694. The van der Waals surface area contributed by atoms with Crippen molar-refractivity contribution < 1.29 is 13.2 Å². The lowest BCUT2D eigenvalue weighted by molar-refractivity contribution is 0.0981. The maximum absolute atomic E-state index is 12.1. The van der Waals surface area contributed by atoms with Crippen LogP contribution in [0.1, 0.15) is 32.6 Å². The van der Waals surface area contributed by atoms with Crippen molar-refractivity contribution in [2.24, 2.45) is 5.73 Å². The van der Waals surface area contributed by atoms with Gasteiger partial charge < -0.3 is 10.5 Å². The molecule has 1 atom stereocenters. The number of hydrogen-bond donors (Lipinski definition) is 2. The molecule has 3 N–H and O–H groups in total. The molecule has 0 aromatic carbocycles. The van der Waals surface area contributed by atoms with Gasteiger partial charge in [0, 0.05) is 25.7 Å². The molecular formula is C10H20N2O3S2. The molecule has 1 rings (SSSR count). The normalized spacial score (nSPS) is 20.1. The summed E-state index contributed by atoms with van der Waals surface area (Å²) in [5.41, 5.74) is 5.44. The third kappa shape index (κ3) is 4.87. The zero-order valence-electron chi connectivity index (χ0n) is 10.0. The fourth-order valence-electron chi connectivity index (χ4n) is 1.83. The molecule has 1 aliphatic heterocycles. The van der Waals surface area contributed by atoms with Crippen molar-refractivity contribution >= 4 is 27.2 Å². The van der Waals surface area contributed by atoms with E-state index in [-0.39, 0.29) is 11.3 Å². The van der Waals surface area contributed by atoms with Gasteiger partial charge in [-0.2, -0.15) is 0 Å². The van der Waals surface area contributed by atoms with Crippen LogP contribution in [-0.2, 0) is 14.8 Å². The molecule has 1 aliphatic rings. The highest BCUT2D eigenvalue weighted by Gasteiger charge is 2.29. The zero-order valence-corrected chi connectivity index (χ0v) is 11.6. The molecule has 7 heteroatoms. The predicted octanol–water partition coefficient (Wildman–Crippen LogP) is 0.540. The molecule has 1 saturated heterocycles. The fourth-order valence-corrected chi connectivity index (χ4v) is 3.75. The highest BCUT2D eigenvalue weighted by Crippen LogP contribution is 2.16. The molecule has 0 spiro atoms. The van der Waals surface area contributed by atoms with E-state index < -0.39 is 10.0 Å². The van der Waals surface area contributed by atoms with E-state index in [1.54, 1.807) is 0 Å². The maximum Gasteiger partial charge on any atom is 0.214 e. The van der Waals surface area contributed by atoms with Gasteiger partial charge in [0.05, 0.1) is 10.2 Å². The summed E-state index contributed by atoms with van der Waals surface area (Å²) in [6, 6.07) is -0.194. The highest BCUT2D eigenvalue weighted by molar-refractivity contribution is 7.90. The van der Waals surface area contributed by atoms with Gasteiger partial charge >= 0.3 is 0 Å². The van der Waals surface area contributed by atoms with Crippen molar-refractivity contribution in [3.63, 3.8) is 0 Å². The van der Waals surface area contributed by atoms with E-state index in [4.69, 9.17) is 22.7 Å². The summed E-state index contributed by atoms with van der Waals surface area (Å²) in [6.07, 6.45) is 2.20. The summed E-state index contributed by atoms with van der Waals surface area (Å²) in [4.78, 5) is 0.339. The number of nitrogens with two attached hydrogens (primary N) is 1. The standard InChI is InChI=1S/C10H20N2O3S2/c1-2-8(7-10(11)16)12-17(13,14)9-3-5-15-6-4-9/h8-9,12H,2-7H2,1H3,(H2,11,16). The molecule has 0 radical (unpaired) electrons. The van der Waals surface area contributed by atoms with Crippen molar-refractivity contribution in [2.45, 2.75) is 43.9 Å². The molecular weight excluding hydrogens is 260 g/mol. The Morgan fingerprint density at radius 1 is 1.53 bits per heavy atom. The zero-order chi connectivity index (χ0) is 12.9. The van der Waals surface area contributed by atoms with Crippen molar-refractivity contribution in [2.75, 3.05) is 13.2 Å². The summed E-state index contributed by atoms with van der Waals surface area (Å²) < 4.78 is 32.0. The number of rotatable bonds is 6. The topological polar surface area (TPSA) is 81.4 Å². The Balaban J connectivity index is 2.59. The van der Waals surface area contributed by atoms with Crippen molar-refractivity contribution in [1.82, 2.24) is 4.72 Å². The monoisotopic (exact) mass is 280 g/mol. The van der Waals surface area contributed by atoms with Crippen LogP contribution >= 0.6 is 12.2 Å². The first-order valence-electron chi connectivity index (χ1n) is 5.83. The van der Waals surface area contributed by atoms with E-state index in [1.807, 2.05) is 6.92 Å². The van der Waals surface area contributed by atoms with E-state index in [9.17, 15) is 8.42 Å². The van der Waals surface area contributed by atoms with Crippen LogP contribution in [0.5, 0.6) is 0 Å². The largest absolute Gasteiger partial charge is 0.393 e. The Bertz CT molecular complexity index is 351. The first kappa shape index (κ1) is 14.8. The van der Waals surface area contributed by atoms with Crippen LogP contribution in [0, 0.1) is 0 Å². The summed E-state index contributed by atoms with van der Waals surface area (Å²) >= 11 is 4.81. The smallest absolute Gasteiger partial charge is 0.214 e. The first-order valence-corrected chi connectivity index (χ1v) is 7.78. The van der Waals surface area contributed by atoms with Crippen LogP contribution < -0.4 is 10.5 Å². The van der Waals surface area contributed by atoms with Crippen LogP contribution in [0.25, 0.3) is 0 Å². The fraction of sp³-hybridized carbons (Fsp3) is 0.900. The van der Waals surface area contributed by atoms with Crippen LogP contribution in [0.2, 0.25) is 0 Å². The summed E-state index contributed by atoms with van der Waals surface area (Å²) in [7, 11) is -3.29. The Morgan fingerprint density at radius 3 is 2.59 bits per heavy atom. The summed E-state index contributed by atoms with van der Waals surface area (Å²) in [6.45, 7) is 2.94. The molecule has 1 unspecified atom stereocenters. The lowest BCUT2D eigenvalue weighted by Gasteiger charge is -2.25. The summed E-state index contributed by atoms with van der Waals surface area (Å²) in [5, 5.41) is -0.350. The average Bonchev–Trinajstić information content (AvgIpc) is 2.28. The van der Waals surface area contributed by atoms with E-state index in [1.165, 1.54) is 0 Å². The Kier molecular flexibility index (Phi) is 5.78. The molecule has 1 fully saturated rings. The first-order chi connectivity index (χ1) is 7.95. The van der Waals surface area contributed by atoms with Gasteiger partial charge in [-0.15, -0.1) is 0 Å². The van der Waals surface area contributed by atoms with Crippen molar-refractivity contribution in [1.29, 1.82) is 0 Å². The number of nitrogens with one attached hydrogen (secondary N) is 1. The van der Waals surface area contributed by atoms with Gasteiger partial charge in [0.25, 0.3) is 0 Å². The molecule has 0 bridgehead atoms. The van der Waals surface area contributed by atoms with E-state index in [0.29, 0.717) is 43.9 Å². The van der Waals surface area contributed by atoms with Crippen molar-refractivity contribution in [3.05, 3.63) is 0 Å². The Labute approximate surface area is 108 Å². The molecule has 5 nitrogen and oxygen atoms in total. The van der Waals surface area contributed by atoms with Crippen LogP contribution in [0.4, 0.5) is 0 Å². The van der Waals surface area contributed by atoms with Crippen molar-refractivity contribution in [3.8, 4) is 0 Å². The minimum atomic E-state index is -3.29. The minimum Gasteiger partial charge on any atom is -0.393 e. The summed E-state index contributed by atoms with van der Waals surface area (Å²) in [5.74, 6) is 0. The Hall–Kier alpha value is -0.240. The van der Waals surface area contributed by atoms with Gasteiger partial charge in [0.1, 0.15) is 0 Å². The van der Waals surface area contributed by atoms with Gasteiger partial charge in [-0.25, -0.2) is 13.1 Å². The number of ether oxygens (including phenoxy) is 1. The SMILES string of the molecule is CCC(CC(N)=S)NS(=O)(=O)C1CCOCC1. The molecule has 1 heterocycles. The molecule has 0 saturated carbocycles. The molecule has 0 amide bonds. The van der Waals surface area contributed by atoms with Gasteiger partial charge in [0.15, 0.2) is 0 Å². The molecule has 17 heavy (non-hydrogen) atoms. The third-order valence-corrected chi connectivity index (χ3v) is 5.06. The van der Waals surface area contributed by atoms with Gasteiger partial charge in [-0.3, -0.25) is 0 Å². The predicted molar refractivity (Wildman–Crippen MR) is 71.4 cm³/mol. The number of sulfonamides is 1. The van der Waals surface area contributed by atoms with Gasteiger partial charge in [-0.05, 0) is 19.3 Å². The lowest BCUT2D eigenvalue weighted by atomic mass is 10.2. The average molecular weight is 280 g/mol. The molecule has 0 aromatic heterocycles. The second-order valence-electron chi connectivity index (χ2n) is 4.25. The van der Waals surface area contributed by atoms with E-state index in [2.05, 4.69) is 4.72 Å². The van der Waals surface area contributed by atoms with Crippen LogP contribution in [-0.4, -0.2) is 37.9 Å². The van der Waals surface area contributed by atoms with E-state index in [0.717, 1.165) is 0 Å². The second-order valence-corrected chi connectivity index (χ2v) is 6.77. The maximum atomic E-state index is 12.1. The van der Waals surface area contributed by atoms with Crippen LogP contribution in [0.3, 0.4) is 0 Å². The van der Waals surface area contributed by atoms with Gasteiger partial charge in [-0.1, -0.05) is 19.1 Å². The highest BCUT2D eigenvalue weighted by atomic mass is 32.2. The van der Waals surface area contributed by atoms with E-state index >= 15 is 0 Å². The van der Waals surface area contributed by atoms with Crippen LogP contribution in [0.15, 0.2) is 0 Å². The molecule has 0 aliphatic carbocycles. The lowest BCUT2D eigenvalue weighted by Crippen LogP contribution is -2.44. The molecule has 0 aromatic rings. The second kappa shape index (κ2) is 6.63. The minimum absolute atomic E-state index is 0.194. The number of hydrogen-bond acceptors (Lipinski definition) is 4. The third-order valence-electron chi connectivity index (χ3n) is 2.88.